The Balaban J connectivity index is 2.14. The molecule has 3 rings (SSSR count). The normalized spacial score (nSPS) is 14.2. The summed E-state index contributed by atoms with van der Waals surface area (Å²) >= 11 is 3.47. The third-order valence-electron chi connectivity index (χ3n) is 3.84. The number of nitrogens with zero attached hydrogens (tertiary/aromatic N) is 1. The van der Waals surface area contributed by atoms with Crippen LogP contribution in [0.15, 0.2) is 36.4 Å². The highest BCUT2D eigenvalue weighted by molar-refractivity contribution is 9.08. The van der Waals surface area contributed by atoms with Crippen LogP contribution >= 0.6 is 15.9 Å². The number of rotatable bonds is 2. The first-order chi connectivity index (χ1) is 9.70. The molecule has 0 unspecified atom stereocenters. The van der Waals surface area contributed by atoms with Gasteiger partial charge >= 0.3 is 0 Å². The predicted octanol–water partition coefficient (Wildman–Crippen LogP) is 5.11. The Labute approximate surface area is 127 Å². The number of para-hydroxylation sites is 1. The van der Waals surface area contributed by atoms with Gasteiger partial charge in [0.1, 0.15) is 5.82 Å². The molecule has 0 amide bonds. The molecule has 0 spiro atoms. The largest absolute Gasteiger partial charge is 0.339 e. The van der Waals surface area contributed by atoms with E-state index in [0.29, 0.717) is 11.0 Å². The number of hydrogen-bond donors (Lipinski definition) is 0. The van der Waals surface area contributed by atoms with Crippen molar-refractivity contribution in [1.82, 2.24) is 0 Å². The molecule has 0 fully saturated rings. The summed E-state index contributed by atoms with van der Waals surface area (Å²) in [5.41, 5.74) is 5.45. The van der Waals surface area contributed by atoms with E-state index in [0.717, 1.165) is 30.6 Å². The molecule has 20 heavy (non-hydrogen) atoms. The van der Waals surface area contributed by atoms with Gasteiger partial charge in [-0.15, -0.1) is 0 Å². The van der Waals surface area contributed by atoms with Gasteiger partial charge in [-0.05, 0) is 43.0 Å². The number of alkyl halides is 1. The van der Waals surface area contributed by atoms with E-state index in [2.05, 4.69) is 46.0 Å². The molecular weight excluding hydrogens is 317 g/mol. The number of benzene rings is 2. The Morgan fingerprint density at radius 2 is 2.10 bits per heavy atom. The number of halogens is 2. The van der Waals surface area contributed by atoms with Crippen LogP contribution in [0.3, 0.4) is 0 Å². The van der Waals surface area contributed by atoms with Gasteiger partial charge in [0.25, 0.3) is 0 Å². The van der Waals surface area contributed by atoms with E-state index < -0.39 is 0 Å². The Morgan fingerprint density at radius 3 is 2.90 bits per heavy atom. The van der Waals surface area contributed by atoms with Crippen LogP contribution in [0.2, 0.25) is 0 Å². The topological polar surface area (TPSA) is 3.24 Å². The van der Waals surface area contributed by atoms with E-state index in [1.54, 1.807) is 12.1 Å². The Morgan fingerprint density at radius 1 is 1.25 bits per heavy atom. The summed E-state index contributed by atoms with van der Waals surface area (Å²) in [5, 5.41) is 0.664. The summed E-state index contributed by atoms with van der Waals surface area (Å²) in [6.45, 7) is 2.98. The maximum Gasteiger partial charge on any atom is 0.147 e. The Bertz CT molecular complexity index is 639. The van der Waals surface area contributed by atoms with E-state index in [-0.39, 0.29) is 5.82 Å². The summed E-state index contributed by atoms with van der Waals surface area (Å²) in [4.78, 5) is 2.13. The van der Waals surface area contributed by atoms with Crippen LogP contribution in [0.5, 0.6) is 0 Å². The van der Waals surface area contributed by atoms with Crippen LogP contribution in [0.25, 0.3) is 0 Å². The van der Waals surface area contributed by atoms with Crippen molar-refractivity contribution in [3.05, 3.63) is 58.9 Å². The summed E-state index contributed by atoms with van der Waals surface area (Å²) in [6, 6.07) is 11.7. The summed E-state index contributed by atoms with van der Waals surface area (Å²) in [5.74, 6) is -0.143. The molecule has 1 aliphatic rings. The first-order valence-electron chi connectivity index (χ1n) is 6.91. The second-order valence-electron chi connectivity index (χ2n) is 5.27. The molecule has 0 aromatic heterocycles. The van der Waals surface area contributed by atoms with Gasteiger partial charge in [0.05, 0.1) is 5.69 Å². The van der Waals surface area contributed by atoms with Crippen molar-refractivity contribution < 1.29 is 4.39 Å². The second-order valence-corrected chi connectivity index (χ2v) is 5.83. The van der Waals surface area contributed by atoms with Gasteiger partial charge in [-0.25, -0.2) is 4.39 Å². The minimum atomic E-state index is -0.143. The first kappa shape index (κ1) is 13.6. The van der Waals surface area contributed by atoms with Crippen LogP contribution in [0, 0.1) is 12.7 Å². The highest BCUT2D eigenvalue weighted by Crippen LogP contribution is 2.37. The second kappa shape index (κ2) is 5.57. The summed E-state index contributed by atoms with van der Waals surface area (Å²) < 4.78 is 14.3. The zero-order valence-electron chi connectivity index (χ0n) is 11.5. The fraction of sp³-hybridized carbons (Fsp3) is 0.294. The Kier molecular flexibility index (Phi) is 3.79. The zero-order valence-corrected chi connectivity index (χ0v) is 13.1. The number of fused-ring (bicyclic) bond motifs is 1. The quantitative estimate of drug-likeness (QED) is 0.690. The predicted molar refractivity (Wildman–Crippen MR) is 85.5 cm³/mol. The minimum absolute atomic E-state index is 0.143. The Hall–Kier alpha value is -1.35. The van der Waals surface area contributed by atoms with E-state index in [1.165, 1.54) is 11.1 Å². The van der Waals surface area contributed by atoms with Crippen LogP contribution in [-0.2, 0) is 11.8 Å². The lowest BCUT2D eigenvalue weighted by Crippen LogP contribution is -2.26. The molecule has 0 bridgehead atoms. The average Bonchev–Trinajstić information content (AvgIpc) is 2.46. The van der Waals surface area contributed by atoms with Crippen molar-refractivity contribution in [2.24, 2.45) is 0 Å². The van der Waals surface area contributed by atoms with Gasteiger partial charge in [0.2, 0.25) is 0 Å². The number of anilines is 2. The molecule has 2 aromatic carbocycles. The number of hydrogen-bond acceptors (Lipinski definition) is 1. The van der Waals surface area contributed by atoms with Gasteiger partial charge in [0.15, 0.2) is 0 Å². The maximum atomic E-state index is 14.3. The maximum absolute atomic E-state index is 14.3. The molecule has 0 atom stereocenters. The van der Waals surface area contributed by atoms with Crippen molar-refractivity contribution in [1.29, 1.82) is 0 Å². The zero-order chi connectivity index (χ0) is 14.1. The third kappa shape index (κ3) is 2.35. The lowest BCUT2D eigenvalue weighted by Gasteiger charge is -2.33. The van der Waals surface area contributed by atoms with Gasteiger partial charge in [0, 0.05) is 17.6 Å². The van der Waals surface area contributed by atoms with Crippen molar-refractivity contribution >= 4 is 27.3 Å². The monoisotopic (exact) mass is 333 g/mol. The van der Waals surface area contributed by atoms with Gasteiger partial charge in [-0.2, -0.15) is 0 Å². The van der Waals surface area contributed by atoms with E-state index >= 15 is 0 Å². The third-order valence-corrected chi connectivity index (χ3v) is 4.44. The standard InChI is InChI=1S/C17H17BrFN/c1-12-7-8-16-13(10-12)5-3-9-20(16)17-14(11-18)4-2-6-15(17)19/h2,4,6-8,10H,3,5,9,11H2,1H3. The molecule has 2 aromatic rings. The summed E-state index contributed by atoms with van der Waals surface area (Å²) in [7, 11) is 0. The van der Waals surface area contributed by atoms with Gasteiger partial charge in [-0.3, -0.25) is 0 Å². The van der Waals surface area contributed by atoms with Gasteiger partial charge < -0.3 is 4.90 Å². The smallest absolute Gasteiger partial charge is 0.147 e. The lowest BCUT2D eigenvalue weighted by atomic mass is 9.98. The summed E-state index contributed by atoms with van der Waals surface area (Å²) in [6.07, 6.45) is 2.14. The first-order valence-corrected chi connectivity index (χ1v) is 8.03. The fourth-order valence-corrected chi connectivity index (χ4v) is 3.38. The minimum Gasteiger partial charge on any atom is -0.339 e. The lowest BCUT2D eigenvalue weighted by molar-refractivity contribution is 0.619. The molecule has 0 N–H and O–H groups in total. The van der Waals surface area contributed by atoms with Crippen LogP contribution in [-0.4, -0.2) is 6.54 Å². The van der Waals surface area contributed by atoms with Crippen LogP contribution in [0.4, 0.5) is 15.8 Å². The van der Waals surface area contributed by atoms with E-state index in [9.17, 15) is 4.39 Å². The van der Waals surface area contributed by atoms with E-state index in [1.807, 2.05) is 6.07 Å². The van der Waals surface area contributed by atoms with E-state index in [4.69, 9.17) is 0 Å². The molecule has 0 radical (unpaired) electrons. The fourth-order valence-electron chi connectivity index (χ4n) is 2.93. The average molecular weight is 334 g/mol. The molecule has 1 aliphatic heterocycles. The van der Waals surface area contributed by atoms with Crippen LogP contribution < -0.4 is 4.90 Å². The van der Waals surface area contributed by atoms with Crippen molar-refractivity contribution in [2.45, 2.75) is 25.1 Å². The molecule has 0 saturated heterocycles. The molecule has 1 heterocycles. The highest BCUT2D eigenvalue weighted by Gasteiger charge is 2.22. The highest BCUT2D eigenvalue weighted by atomic mass is 79.9. The molecule has 1 nitrogen and oxygen atoms in total. The number of aryl methyl sites for hydroxylation is 2. The SMILES string of the molecule is Cc1ccc2c(c1)CCCN2c1c(F)cccc1CBr. The van der Waals surface area contributed by atoms with Crippen LogP contribution in [0.1, 0.15) is 23.1 Å². The molecule has 0 aliphatic carbocycles. The molecule has 104 valence electrons. The molecular formula is C17H17BrFN. The van der Waals surface area contributed by atoms with Crippen molar-refractivity contribution in [3.63, 3.8) is 0 Å². The molecule has 3 heteroatoms. The molecule has 0 saturated carbocycles. The van der Waals surface area contributed by atoms with Crippen molar-refractivity contribution in [3.8, 4) is 0 Å². The van der Waals surface area contributed by atoms with Gasteiger partial charge in [-0.1, -0.05) is 45.8 Å². The van der Waals surface area contributed by atoms with Crippen molar-refractivity contribution in [2.75, 3.05) is 11.4 Å².